The fourth-order valence-electron chi connectivity index (χ4n) is 1.72. The van der Waals surface area contributed by atoms with E-state index in [9.17, 15) is 0 Å². The van der Waals surface area contributed by atoms with E-state index in [1.807, 2.05) is 10.8 Å². The molecule has 0 spiro atoms. The first-order valence-corrected chi connectivity index (χ1v) is 4.86. The van der Waals surface area contributed by atoms with Crippen molar-refractivity contribution >= 4 is 0 Å². The summed E-state index contributed by atoms with van der Waals surface area (Å²) in [6, 6.07) is 2.25. The predicted molar refractivity (Wildman–Crippen MR) is 52.0 cm³/mol. The van der Waals surface area contributed by atoms with Gasteiger partial charge in [-0.15, -0.1) is 0 Å². The summed E-state index contributed by atoms with van der Waals surface area (Å²) in [5.74, 6) is 0. The van der Waals surface area contributed by atoms with Crippen LogP contribution < -0.4 is 5.73 Å². The summed E-state index contributed by atoms with van der Waals surface area (Å²) in [5.41, 5.74) is 6.63. The average Bonchev–Trinajstić information content (AvgIpc) is 2.78. The molecule has 0 aliphatic heterocycles. The first kappa shape index (κ1) is 9.22. The number of hydrogen-bond acceptors (Lipinski definition) is 3. The quantitative estimate of drug-likeness (QED) is 0.771. The smallest absolute Gasteiger partial charge is 0.0950 e. The molecule has 4 nitrogen and oxygen atoms in total. The highest BCUT2D eigenvalue weighted by atomic mass is 15.0. The van der Waals surface area contributed by atoms with Gasteiger partial charge in [-0.1, -0.05) is 0 Å². The lowest BCUT2D eigenvalue weighted by Crippen LogP contribution is -2.09. The Hall–Kier alpha value is -1.34. The van der Waals surface area contributed by atoms with Crippen LogP contribution in [0.15, 0.2) is 12.5 Å². The highest BCUT2D eigenvalue weighted by molar-refractivity contribution is 5.02. The van der Waals surface area contributed by atoms with Crippen LogP contribution in [0.4, 0.5) is 0 Å². The largest absolute Gasteiger partial charge is 0.337 e. The third-order valence-electron chi connectivity index (χ3n) is 2.83. The van der Waals surface area contributed by atoms with E-state index in [0.29, 0.717) is 13.0 Å². The molecule has 4 heteroatoms. The van der Waals surface area contributed by atoms with Gasteiger partial charge in [0.25, 0.3) is 0 Å². The minimum absolute atomic E-state index is 0.237. The third-order valence-corrected chi connectivity index (χ3v) is 2.83. The van der Waals surface area contributed by atoms with Crippen LogP contribution in [0.3, 0.4) is 0 Å². The zero-order chi connectivity index (χ0) is 10.0. The van der Waals surface area contributed by atoms with Gasteiger partial charge in [0.2, 0.25) is 0 Å². The summed E-state index contributed by atoms with van der Waals surface area (Å²) in [4.78, 5) is 4.16. The van der Waals surface area contributed by atoms with Crippen LogP contribution in [0.5, 0.6) is 0 Å². The monoisotopic (exact) mass is 190 g/mol. The third kappa shape index (κ3) is 1.78. The Kier molecular flexibility index (Phi) is 2.26. The van der Waals surface area contributed by atoms with E-state index in [0.717, 1.165) is 25.1 Å². The molecular weight excluding hydrogens is 176 g/mol. The Balaban J connectivity index is 2.01. The van der Waals surface area contributed by atoms with Crippen molar-refractivity contribution in [2.24, 2.45) is 11.1 Å². The molecule has 0 amide bonds. The second-order valence-electron chi connectivity index (χ2n) is 4.08. The molecule has 1 aromatic heterocycles. The highest BCUT2D eigenvalue weighted by Gasteiger charge is 2.42. The van der Waals surface area contributed by atoms with Crippen LogP contribution in [-0.4, -0.2) is 9.55 Å². The minimum Gasteiger partial charge on any atom is -0.337 e. The second kappa shape index (κ2) is 3.43. The summed E-state index contributed by atoms with van der Waals surface area (Å²) in [7, 11) is 0. The lowest BCUT2D eigenvalue weighted by atomic mass is 10.0. The van der Waals surface area contributed by atoms with Crippen molar-refractivity contribution in [3.63, 3.8) is 0 Å². The van der Waals surface area contributed by atoms with Crippen molar-refractivity contribution in [1.82, 2.24) is 9.55 Å². The number of nitriles is 1. The molecular formula is C10H14N4. The van der Waals surface area contributed by atoms with Gasteiger partial charge in [0.15, 0.2) is 0 Å². The van der Waals surface area contributed by atoms with Gasteiger partial charge < -0.3 is 10.3 Å². The zero-order valence-electron chi connectivity index (χ0n) is 8.11. The molecule has 0 bridgehead atoms. The Labute approximate surface area is 83.4 Å². The molecule has 1 fully saturated rings. The van der Waals surface area contributed by atoms with Gasteiger partial charge in [-0.05, 0) is 12.8 Å². The van der Waals surface area contributed by atoms with Gasteiger partial charge >= 0.3 is 0 Å². The molecule has 74 valence electrons. The lowest BCUT2D eigenvalue weighted by Gasteiger charge is -2.10. The van der Waals surface area contributed by atoms with Crippen molar-refractivity contribution in [3.05, 3.63) is 18.2 Å². The molecule has 14 heavy (non-hydrogen) atoms. The van der Waals surface area contributed by atoms with E-state index in [2.05, 4.69) is 11.1 Å². The molecule has 1 saturated carbocycles. The van der Waals surface area contributed by atoms with E-state index in [4.69, 9.17) is 11.0 Å². The Morgan fingerprint density at radius 2 is 2.43 bits per heavy atom. The van der Waals surface area contributed by atoms with Gasteiger partial charge in [0, 0.05) is 31.1 Å². The predicted octanol–water partition coefficient (Wildman–Crippen LogP) is 1.04. The SMILES string of the molecule is N#CCC1(Cn2cnc(CN)c2)CC1. The molecule has 1 aliphatic rings. The van der Waals surface area contributed by atoms with Crippen molar-refractivity contribution < 1.29 is 0 Å². The normalized spacial score (nSPS) is 17.7. The van der Waals surface area contributed by atoms with Crippen LogP contribution in [0.1, 0.15) is 25.0 Å². The van der Waals surface area contributed by atoms with Gasteiger partial charge in [0.05, 0.1) is 18.1 Å². The van der Waals surface area contributed by atoms with Crippen molar-refractivity contribution in [2.75, 3.05) is 0 Å². The molecule has 2 N–H and O–H groups in total. The summed E-state index contributed by atoms with van der Waals surface area (Å²) >= 11 is 0. The minimum atomic E-state index is 0.237. The van der Waals surface area contributed by atoms with Gasteiger partial charge in [-0.3, -0.25) is 0 Å². The second-order valence-corrected chi connectivity index (χ2v) is 4.08. The first-order chi connectivity index (χ1) is 6.78. The van der Waals surface area contributed by atoms with Gasteiger partial charge in [-0.25, -0.2) is 4.98 Å². The molecule has 0 radical (unpaired) electrons. The van der Waals surface area contributed by atoms with Gasteiger partial charge in [0.1, 0.15) is 0 Å². The standard InChI is InChI=1S/C10H14N4/c11-4-3-10(1-2-10)7-14-6-9(5-12)13-8-14/h6,8H,1-3,5,7,12H2. The molecule has 1 aromatic rings. The number of nitrogens with two attached hydrogens (primary N) is 1. The van der Waals surface area contributed by atoms with E-state index in [1.165, 1.54) is 0 Å². The average molecular weight is 190 g/mol. The van der Waals surface area contributed by atoms with Crippen molar-refractivity contribution in [1.29, 1.82) is 5.26 Å². The number of rotatable bonds is 4. The number of aromatic nitrogens is 2. The molecule has 0 atom stereocenters. The molecule has 1 heterocycles. The van der Waals surface area contributed by atoms with E-state index in [-0.39, 0.29) is 5.41 Å². The van der Waals surface area contributed by atoms with Crippen molar-refractivity contribution in [3.8, 4) is 6.07 Å². The first-order valence-electron chi connectivity index (χ1n) is 4.86. The summed E-state index contributed by atoms with van der Waals surface area (Å²) < 4.78 is 2.05. The van der Waals surface area contributed by atoms with Crippen LogP contribution in [-0.2, 0) is 13.1 Å². The van der Waals surface area contributed by atoms with Crippen molar-refractivity contribution in [2.45, 2.75) is 32.4 Å². The highest BCUT2D eigenvalue weighted by Crippen LogP contribution is 2.49. The maximum Gasteiger partial charge on any atom is 0.0950 e. The fourth-order valence-corrected chi connectivity index (χ4v) is 1.72. The van der Waals surface area contributed by atoms with Crippen LogP contribution in [0, 0.1) is 16.7 Å². The van der Waals surface area contributed by atoms with Gasteiger partial charge in [-0.2, -0.15) is 5.26 Å². The molecule has 0 saturated heterocycles. The number of nitrogens with zero attached hydrogens (tertiary/aromatic N) is 3. The zero-order valence-corrected chi connectivity index (χ0v) is 8.11. The Morgan fingerprint density at radius 3 is 2.93 bits per heavy atom. The van der Waals surface area contributed by atoms with Crippen LogP contribution >= 0.6 is 0 Å². The van der Waals surface area contributed by atoms with E-state index in [1.54, 1.807) is 6.33 Å². The number of imidazole rings is 1. The van der Waals surface area contributed by atoms with Crippen LogP contribution in [0.2, 0.25) is 0 Å². The Morgan fingerprint density at radius 1 is 1.64 bits per heavy atom. The summed E-state index contributed by atoms with van der Waals surface area (Å²) in [6.45, 7) is 1.39. The lowest BCUT2D eigenvalue weighted by molar-refractivity contribution is 0.431. The molecule has 0 aromatic carbocycles. The number of hydrogen-bond donors (Lipinski definition) is 1. The molecule has 2 rings (SSSR count). The Bertz CT molecular complexity index is 356. The van der Waals surface area contributed by atoms with E-state index >= 15 is 0 Å². The van der Waals surface area contributed by atoms with E-state index < -0.39 is 0 Å². The van der Waals surface area contributed by atoms with Crippen LogP contribution in [0.25, 0.3) is 0 Å². The fraction of sp³-hybridized carbons (Fsp3) is 0.600. The molecule has 0 unspecified atom stereocenters. The summed E-state index contributed by atoms with van der Waals surface area (Å²) in [6.07, 6.45) is 6.76. The maximum absolute atomic E-state index is 8.68. The summed E-state index contributed by atoms with van der Waals surface area (Å²) in [5, 5.41) is 8.68. The topological polar surface area (TPSA) is 67.6 Å². The molecule has 1 aliphatic carbocycles. The maximum atomic E-state index is 8.68.